The molecule has 1 aliphatic carbocycles. The maximum atomic E-state index is 13.6. The van der Waals surface area contributed by atoms with Gasteiger partial charge >= 0.3 is 0 Å². The van der Waals surface area contributed by atoms with Gasteiger partial charge in [0.15, 0.2) is 0 Å². The largest absolute Gasteiger partial charge is 0.339 e. The summed E-state index contributed by atoms with van der Waals surface area (Å²) < 4.78 is 14.3. The molecule has 1 atom stereocenters. The smallest absolute Gasteiger partial charge is 0.256 e. The van der Waals surface area contributed by atoms with Crippen LogP contribution in [0.15, 0.2) is 22.7 Å². The van der Waals surface area contributed by atoms with Crippen LogP contribution in [0, 0.1) is 11.7 Å². The van der Waals surface area contributed by atoms with Crippen LogP contribution in [0.25, 0.3) is 0 Å². The second-order valence-electron chi connectivity index (χ2n) is 4.62. The van der Waals surface area contributed by atoms with Gasteiger partial charge in [-0.2, -0.15) is 0 Å². The third-order valence-electron chi connectivity index (χ3n) is 3.39. The monoisotopic (exact) mass is 299 g/mol. The summed E-state index contributed by atoms with van der Waals surface area (Å²) in [6.07, 6.45) is 2.33. The van der Waals surface area contributed by atoms with Gasteiger partial charge in [0, 0.05) is 17.6 Å². The Balaban J connectivity index is 2.20. The van der Waals surface area contributed by atoms with Crippen LogP contribution in [0.4, 0.5) is 4.39 Å². The first-order valence-corrected chi connectivity index (χ1v) is 6.52. The van der Waals surface area contributed by atoms with Crippen LogP contribution in [-0.2, 0) is 0 Å². The fraction of sp³-hybridized carbons (Fsp3) is 0.462. The molecule has 1 aliphatic rings. The first-order chi connectivity index (χ1) is 8.00. The molecule has 92 valence electrons. The molecule has 1 fully saturated rings. The van der Waals surface area contributed by atoms with E-state index in [2.05, 4.69) is 15.9 Å². The predicted molar refractivity (Wildman–Crippen MR) is 68.4 cm³/mol. The number of halogens is 2. The van der Waals surface area contributed by atoms with Crippen LogP contribution in [0.1, 0.15) is 30.1 Å². The first kappa shape index (κ1) is 12.6. The summed E-state index contributed by atoms with van der Waals surface area (Å²) >= 11 is 3.25. The van der Waals surface area contributed by atoms with Crippen molar-refractivity contribution in [2.24, 2.45) is 5.92 Å². The van der Waals surface area contributed by atoms with E-state index in [1.807, 2.05) is 6.92 Å². The van der Waals surface area contributed by atoms with Gasteiger partial charge in [0.1, 0.15) is 5.82 Å². The Morgan fingerprint density at radius 1 is 1.53 bits per heavy atom. The highest BCUT2D eigenvalue weighted by atomic mass is 79.9. The Morgan fingerprint density at radius 2 is 2.18 bits per heavy atom. The van der Waals surface area contributed by atoms with Crippen molar-refractivity contribution in [3.8, 4) is 0 Å². The summed E-state index contributed by atoms with van der Waals surface area (Å²) in [5.74, 6) is -0.129. The highest BCUT2D eigenvalue weighted by molar-refractivity contribution is 9.10. The van der Waals surface area contributed by atoms with Crippen molar-refractivity contribution < 1.29 is 9.18 Å². The Morgan fingerprint density at radius 3 is 2.76 bits per heavy atom. The number of nitrogens with zero attached hydrogens (tertiary/aromatic N) is 1. The summed E-state index contributed by atoms with van der Waals surface area (Å²) in [6, 6.07) is 4.62. The van der Waals surface area contributed by atoms with Crippen LogP contribution >= 0.6 is 15.9 Å². The number of amides is 1. The number of hydrogen-bond acceptors (Lipinski definition) is 1. The van der Waals surface area contributed by atoms with Gasteiger partial charge in [-0.3, -0.25) is 4.79 Å². The van der Waals surface area contributed by atoms with Gasteiger partial charge in [-0.1, -0.05) is 15.9 Å². The van der Waals surface area contributed by atoms with E-state index in [0.29, 0.717) is 5.92 Å². The molecule has 1 saturated carbocycles. The summed E-state index contributed by atoms with van der Waals surface area (Å²) in [7, 11) is 1.74. The van der Waals surface area contributed by atoms with Crippen LogP contribution in [0.2, 0.25) is 0 Å². The predicted octanol–water partition coefficient (Wildman–Crippen LogP) is 3.46. The molecule has 1 amide bonds. The maximum Gasteiger partial charge on any atom is 0.256 e. The van der Waals surface area contributed by atoms with E-state index in [1.54, 1.807) is 18.0 Å². The normalized spacial score (nSPS) is 16.7. The lowest BCUT2D eigenvalue weighted by molar-refractivity contribution is 0.0722. The Labute approximate surface area is 109 Å². The fourth-order valence-electron chi connectivity index (χ4n) is 1.93. The molecule has 4 heteroatoms. The molecule has 17 heavy (non-hydrogen) atoms. The first-order valence-electron chi connectivity index (χ1n) is 5.73. The van der Waals surface area contributed by atoms with Gasteiger partial charge in [-0.05, 0) is 43.9 Å². The topological polar surface area (TPSA) is 20.3 Å². The SMILES string of the molecule is CC(C1CC1)N(C)C(=O)c1cc(Br)ccc1F. The molecular formula is C13H15BrFNO. The standard InChI is InChI=1S/C13H15BrFNO/c1-8(9-3-4-9)16(2)13(17)11-7-10(14)5-6-12(11)15/h5-9H,3-4H2,1-2H3. The van der Waals surface area contributed by atoms with E-state index < -0.39 is 5.82 Å². The van der Waals surface area contributed by atoms with Gasteiger partial charge in [-0.25, -0.2) is 4.39 Å². The summed E-state index contributed by atoms with van der Waals surface area (Å²) in [6.45, 7) is 2.02. The van der Waals surface area contributed by atoms with Crippen molar-refractivity contribution in [2.75, 3.05) is 7.05 Å². The highest BCUT2D eigenvalue weighted by Crippen LogP contribution is 2.35. The summed E-state index contributed by atoms with van der Waals surface area (Å²) in [5.41, 5.74) is 0.134. The highest BCUT2D eigenvalue weighted by Gasteiger charge is 2.33. The average Bonchev–Trinajstić information content (AvgIpc) is 3.13. The minimum Gasteiger partial charge on any atom is -0.339 e. The number of hydrogen-bond donors (Lipinski definition) is 0. The zero-order chi connectivity index (χ0) is 12.6. The van der Waals surface area contributed by atoms with Crippen LogP contribution in [-0.4, -0.2) is 23.9 Å². The lowest BCUT2D eigenvalue weighted by Gasteiger charge is -2.25. The molecule has 0 heterocycles. The molecule has 0 aromatic heterocycles. The van der Waals surface area contributed by atoms with Crippen molar-refractivity contribution in [2.45, 2.75) is 25.8 Å². The zero-order valence-electron chi connectivity index (χ0n) is 9.91. The molecule has 2 nitrogen and oxygen atoms in total. The molecular weight excluding hydrogens is 285 g/mol. The second kappa shape index (κ2) is 4.77. The Kier molecular flexibility index (Phi) is 3.52. The van der Waals surface area contributed by atoms with Crippen molar-refractivity contribution in [1.29, 1.82) is 0 Å². The molecule has 0 saturated heterocycles. The van der Waals surface area contributed by atoms with Gasteiger partial charge in [-0.15, -0.1) is 0 Å². The van der Waals surface area contributed by atoms with Gasteiger partial charge < -0.3 is 4.90 Å². The third-order valence-corrected chi connectivity index (χ3v) is 3.89. The minimum atomic E-state index is -0.465. The van der Waals surface area contributed by atoms with Crippen LogP contribution < -0.4 is 0 Å². The molecule has 0 bridgehead atoms. The number of carbonyl (C=O) groups is 1. The molecule has 1 aromatic carbocycles. The van der Waals surface area contributed by atoms with E-state index in [9.17, 15) is 9.18 Å². The second-order valence-corrected chi connectivity index (χ2v) is 5.53. The van der Waals surface area contributed by atoms with E-state index in [0.717, 1.165) is 4.47 Å². The van der Waals surface area contributed by atoms with Gasteiger partial charge in [0.05, 0.1) is 5.56 Å². The number of rotatable bonds is 3. The van der Waals surface area contributed by atoms with Crippen molar-refractivity contribution >= 4 is 21.8 Å². The summed E-state index contributed by atoms with van der Waals surface area (Å²) in [5, 5.41) is 0. The van der Waals surface area contributed by atoms with Gasteiger partial charge in [0.2, 0.25) is 0 Å². The molecule has 0 radical (unpaired) electrons. The maximum absolute atomic E-state index is 13.6. The number of benzene rings is 1. The lowest BCUT2D eigenvalue weighted by Crippen LogP contribution is -2.36. The van der Waals surface area contributed by atoms with Crippen LogP contribution in [0.5, 0.6) is 0 Å². The fourth-order valence-corrected chi connectivity index (χ4v) is 2.29. The van der Waals surface area contributed by atoms with Crippen molar-refractivity contribution in [3.05, 3.63) is 34.1 Å². The molecule has 1 aromatic rings. The minimum absolute atomic E-state index is 0.134. The van der Waals surface area contributed by atoms with Crippen molar-refractivity contribution in [1.82, 2.24) is 4.90 Å². The quantitative estimate of drug-likeness (QED) is 0.837. The molecule has 0 spiro atoms. The van der Waals surface area contributed by atoms with E-state index in [-0.39, 0.29) is 17.5 Å². The van der Waals surface area contributed by atoms with E-state index in [4.69, 9.17) is 0 Å². The lowest BCUT2D eigenvalue weighted by atomic mass is 10.1. The number of carbonyl (C=O) groups excluding carboxylic acids is 1. The van der Waals surface area contributed by atoms with Crippen molar-refractivity contribution in [3.63, 3.8) is 0 Å². The van der Waals surface area contributed by atoms with E-state index >= 15 is 0 Å². The van der Waals surface area contributed by atoms with Gasteiger partial charge in [0.25, 0.3) is 5.91 Å². The summed E-state index contributed by atoms with van der Waals surface area (Å²) in [4.78, 5) is 13.8. The average molecular weight is 300 g/mol. The van der Waals surface area contributed by atoms with Crippen LogP contribution in [0.3, 0.4) is 0 Å². The molecule has 0 N–H and O–H groups in total. The molecule has 0 aliphatic heterocycles. The Hall–Kier alpha value is -0.900. The Bertz CT molecular complexity index is 445. The third kappa shape index (κ3) is 2.68. The zero-order valence-corrected chi connectivity index (χ0v) is 11.5. The molecule has 1 unspecified atom stereocenters. The van der Waals surface area contributed by atoms with E-state index in [1.165, 1.54) is 25.0 Å². The molecule has 2 rings (SSSR count).